The predicted octanol–water partition coefficient (Wildman–Crippen LogP) is 3.19. The fourth-order valence-corrected chi connectivity index (χ4v) is 5.24. The molecule has 0 fully saturated rings. The van der Waals surface area contributed by atoms with Gasteiger partial charge in [0, 0.05) is 0 Å². The Morgan fingerprint density at radius 1 is 1.00 bits per heavy atom. The van der Waals surface area contributed by atoms with Crippen molar-refractivity contribution in [3.63, 3.8) is 0 Å². The van der Waals surface area contributed by atoms with Crippen molar-refractivity contribution in [3.8, 4) is 0 Å². The molecule has 0 unspecified atom stereocenters. The molecule has 0 N–H and O–H groups in total. The van der Waals surface area contributed by atoms with E-state index in [-0.39, 0.29) is 20.7 Å². The molecule has 1 aromatic heterocycles. The molecule has 3 aromatic rings. The van der Waals surface area contributed by atoms with Gasteiger partial charge in [0.05, 0.1) is 0 Å². The Kier molecular flexibility index (Phi) is 4.14. The van der Waals surface area contributed by atoms with Crippen molar-refractivity contribution < 1.29 is 2.79 Å². The Bertz CT molecular complexity index is 783. The zero-order chi connectivity index (χ0) is 14.8. The molecule has 0 spiro atoms. The molecule has 0 aliphatic rings. The Morgan fingerprint density at radius 2 is 1.71 bits per heavy atom. The first kappa shape index (κ1) is 14.4. The summed E-state index contributed by atoms with van der Waals surface area (Å²) in [6.45, 7) is 2.22. The van der Waals surface area contributed by atoms with Crippen LogP contribution in [0.25, 0.3) is 21.1 Å². The Balaban J connectivity index is 1.89. The van der Waals surface area contributed by atoms with Crippen LogP contribution in [0.2, 0.25) is 0 Å². The van der Waals surface area contributed by atoms with Gasteiger partial charge in [0.1, 0.15) is 0 Å². The monoisotopic (exact) mass is 393 g/mol. The summed E-state index contributed by atoms with van der Waals surface area (Å²) in [5, 5.41) is 1.42. The van der Waals surface area contributed by atoms with Crippen LogP contribution in [-0.2, 0) is 0 Å². The van der Waals surface area contributed by atoms with Gasteiger partial charge in [0.2, 0.25) is 0 Å². The third kappa shape index (κ3) is 3.05. The molecule has 0 aliphatic heterocycles. The number of benzene rings is 2. The van der Waals surface area contributed by atoms with E-state index in [1.54, 1.807) is 0 Å². The second-order valence-corrected chi connectivity index (χ2v) is 8.20. The minimum atomic E-state index is -0.291. The molecule has 21 heavy (non-hydrogen) atoms. The number of rotatable bonds is 3. The summed E-state index contributed by atoms with van der Waals surface area (Å²) in [7, 11) is 4.13. The maximum atomic E-state index is 2.44. The number of fused-ring (bicyclic) bond motifs is 1. The van der Waals surface area contributed by atoms with Crippen LogP contribution in [0.4, 0.5) is 5.69 Å². The van der Waals surface area contributed by atoms with Crippen LogP contribution in [0.15, 0.2) is 48.5 Å². The van der Waals surface area contributed by atoms with Gasteiger partial charge >= 0.3 is 136 Å². The summed E-state index contributed by atoms with van der Waals surface area (Å²) in [5.74, 6) is 0. The normalized spacial score (nSPS) is 11.4. The van der Waals surface area contributed by atoms with Crippen molar-refractivity contribution >= 4 is 47.5 Å². The molecule has 106 valence electrons. The van der Waals surface area contributed by atoms with Crippen molar-refractivity contribution in [1.29, 1.82) is 0 Å². The third-order valence-electron chi connectivity index (χ3n) is 3.62. The van der Waals surface area contributed by atoms with Crippen molar-refractivity contribution in [3.05, 3.63) is 59.8 Å². The number of anilines is 1. The Labute approximate surface area is 135 Å². The average molecular weight is 391 g/mol. The quantitative estimate of drug-likeness (QED) is 0.623. The minimum absolute atomic E-state index is 0.291. The molecule has 0 atom stereocenters. The van der Waals surface area contributed by atoms with Crippen molar-refractivity contribution in [2.75, 3.05) is 19.0 Å². The van der Waals surface area contributed by atoms with E-state index in [0.29, 0.717) is 0 Å². The summed E-state index contributed by atoms with van der Waals surface area (Å²) < 4.78 is 3.98. The van der Waals surface area contributed by atoms with E-state index in [2.05, 4.69) is 89.5 Å². The van der Waals surface area contributed by atoms with Crippen LogP contribution in [0, 0.1) is 6.92 Å². The van der Waals surface area contributed by atoms with E-state index in [1.165, 1.54) is 25.7 Å². The molecule has 0 amide bonds. The van der Waals surface area contributed by atoms with Gasteiger partial charge in [-0.2, -0.15) is 0 Å². The second kappa shape index (κ2) is 6.05. The van der Waals surface area contributed by atoms with Gasteiger partial charge < -0.3 is 0 Å². The van der Waals surface area contributed by atoms with Crippen LogP contribution in [0.3, 0.4) is 0 Å². The standard InChI is InChI=1S/C18H19N2Te/c1-14-17-6-4-5-7-18(17)21-20(14)13-12-15-8-10-16(11-9-15)19(2)3/h4-13H,1-3H3/q+1. The van der Waals surface area contributed by atoms with E-state index >= 15 is 0 Å². The van der Waals surface area contributed by atoms with Gasteiger partial charge in [-0.15, -0.1) is 0 Å². The number of aryl methyl sites for hydroxylation is 1. The first-order chi connectivity index (χ1) is 10.1. The molecule has 0 saturated heterocycles. The first-order valence-electron chi connectivity index (χ1n) is 7.01. The van der Waals surface area contributed by atoms with Crippen LogP contribution in [0.1, 0.15) is 11.3 Å². The fraction of sp³-hybridized carbons (Fsp3) is 0.167. The molecule has 0 radical (unpaired) electrons. The fourth-order valence-electron chi connectivity index (χ4n) is 2.32. The van der Waals surface area contributed by atoms with Crippen LogP contribution < -0.4 is 7.69 Å². The number of aromatic nitrogens is 1. The second-order valence-electron chi connectivity index (χ2n) is 5.30. The van der Waals surface area contributed by atoms with Crippen molar-refractivity contribution in [2.24, 2.45) is 0 Å². The summed E-state index contributed by atoms with van der Waals surface area (Å²) >= 11 is -0.291. The summed E-state index contributed by atoms with van der Waals surface area (Å²) in [6.07, 6.45) is 4.45. The molecule has 0 aliphatic carbocycles. The molecule has 2 aromatic carbocycles. The molecular weight excluding hydrogens is 372 g/mol. The van der Waals surface area contributed by atoms with E-state index in [9.17, 15) is 0 Å². The molecule has 0 saturated carbocycles. The van der Waals surface area contributed by atoms with Gasteiger partial charge in [-0.05, 0) is 0 Å². The van der Waals surface area contributed by atoms with Gasteiger partial charge in [0.25, 0.3) is 0 Å². The summed E-state index contributed by atoms with van der Waals surface area (Å²) in [4.78, 5) is 2.12. The van der Waals surface area contributed by atoms with Crippen molar-refractivity contribution in [1.82, 2.24) is 0 Å². The molecule has 1 heterocycles. The zero-order valence-electron chi connectivity index (χ0n) is 12.6. The van der Waals surface area contributed by atoms with E-state index in [4.69, 9.17) is 0 Å². The molecule has 3 rings (SSSR count). The third-order valence-corrected chi connectivity index (χ3v) is 6.88. The van der Waals surface area contributed by atoms with Crippen LogP contribution in [-0.4, -0.2) is 34.8 Å². The van der Waals surface area contributed by atoms with Gasteiger partial charge in [-0.25, -0.2) is 0 Å². The van der Waals surface area contributed by atoms with Gasteiger partial charge in [-0.1, -0.05) is 0 Å². The van der Waals surface area contributed by atoms with Gasteiger partial charge in [0.15, 0.2) is 0 Å². The van der Waals surface area contributed by atoms with E-state index < -0.39 is 0 Å². The SMILES string of the molecule is Cc1c2ccccc2[te][n+]1C=Cc1ccc(N(C)C)cc1. The predicted molar refractivity (Wildman–Crippen MR) is 91.8 cm³/mol. The van der Waals surface area contributed by atoms with E-state index in [0.717, 1.165) is 0 Å². The topological polar surface area (TPSA) is 7.12 Å². The van der Waals surface area contributed by atoms with Gasteiger partial charge in [-0.3, -0.25) is 0 Å². The summed E-state index contributed by atoms with van der Waals surface area (Å²) in [5.41, 5.74) is 3.86. The first-order valence-corrected chi connectivity index (χ1v) is 9.21. The van der Waals surface area contributed by atoms with E-state index in [1.807, 2.05) is 0 Å². The Morgan fingerprint density at radius 3 is 2.38 bits per heavy atom. The van der Waals surface area contributed by atoms with Crippen molar-refractivity contribution in [2.45, 2.75) is 6.92 Å². The molecular formula is C18H19N2Te+. The molecule has 0 bridgehead atoms. The zero-order valence-corrected chi connectivity index (χ0v) is 14.9. The van der Waals surface area contributed by atoms with Crippen LogP contribution in [0.5, 0.6) is 0 Å². The number of hydrogen-bond donors (Lipinski definition) is 0. The Hall–Kier alpha value is -1.56. The maximum absolute atomic E-state index is 2.44. The molecule has 3 heteroatoms. The summed E-state index contributed by atoms with van der Waals surface area (Å²) in [6, 6.07) is 17.4. The molecule has 2 nitrogen and oxygen atoms in total. The number of nitrogens with zero attached hydrogens (tertiary/aromatic N) is 2. The van der Waals surface area contributed by atoms with Crippen LogP contribution >= 0.6 is 0 Å². The number of hydrogen-bond acceptors (Lipinski definition) is 1. The average Bonchev–Trinajstić information content (AvgIpc) is 2.82.